The number of aromatic nitrogens is 2. The van der Waals surface area contributed by atoms with Crippen LogP contribution in [0.15, 0.2) is 12.3 Å². The van der Waals surface area contributed by atoms with E-state index in [1.807, 2.05) is 19.2 Å². The molecule has 0 spiro atoms. The molecular formula is C11H17BrN2. The molecule has 0 aromatic carbocycles. The first-order valence-corrected chi connectivity index (χ1v) is 5.92. The lowest BCUT2D eigenvalue weighted by atomic mass is 10.1. The molecule has 1 heterocycles. The van der Waals surface area contributed by atoms with Crippen LogP contribution in [0.1, 0.15) is 31.8 Å². The first kappa shape index (κ1) is 11.6. The van der Waals surface area contributed by atoms with Gasteiger partial charge >= 0.3 is 0 Å². The predicted molar refractivity (Wildman–Crippen MR) is 62.6 cm³/mol. The molecule has 0 fully saturated rings. The van der Waals surface area contributed by atoms with E-state index in [2.05, 4.69) is 39.7 Å². The van der Waals surface area contributed by atoms with Crippen LogP contribution in [-0.4, -0.2) is 14.8 Å². The van der Waals surface area contributed by atoms with Crippen molar-refractivity contribution in [1.82, 2.24) is 9.97 Å². The van der Waals surface area contributed by atoms with Gasteiger partial charge < -0.3 is 0 Å². The fourth-order valence-corrected chi connectivity index (χ4v) is 2.43. The molecule has 0 amide bonds. The Balaban J connectivity index is 2.51. The molecule has 0 saturated carbocycles. The molecule has 0 N–H and O–H groups in total. The van der Waals surface area contributed by atoms with Crippen molar-refractivity contribution in [3.05, 3.63) is 23.8 Å². The van der Waals surface area contributed by atoms with Gasteiger partial charge in [0.05, 0.1) is 0 Å². The van der Waals surface area contributed by atoms with Crippen LogP contribution in [0.2, 0.25) is 0 Å². The minimum Gasteiger partial charge on any atom is -0.241 e. The van der Waals surface area contributed by atoms with Crippen LogP contribution in [0, 0.1) is 12.8 Å². The van der Waals surface area contributed by atoms with Crippen molar-refractivity contribution in [2.45, 2.75) is 38.4 Å². The van der Waals surface area contributed by atoms with Gasteiger partial charge in [-0.25, -0.2) is 9.97 Å². The summed E-state index contributed by atoms with van der Waals surface area (Å²) < 4.78 is 0. The molecular weight excluding hydrogens is 240 g/mol. The van der Waals surface area contributed by atoms with Crippen LogP contribution < -0.4 is 0 Å². The monoisotopic (exact) mass is 256 g/mol. The van der Waals surface area contributed by atoms with E-state index in [0.717, 1.165) is 24.4 Å². The number of rotatable bonds is 4. The molecule has 0 bridgehead atoms. The molecule has 1 atom stereocenters. The molecule has 1 aromatic rings. The Morgan fingerprint density at radius 2 is 2.14 bits per heavy atom. The average Bonchev–Trinajstić information content (AvgIpc) is 2.01. The highest BCUT2D eigenvalue weighted by Crippen LogP contribution is 2.15. The van der Waals surface area contributed by atoms with Crippen molar-refractivity contribution in [3.8, 4) is 0 Å². The summed E-state index contributed by atoms with van der Waals surface area (Å²) in [6.07, 6.45) is 3.91. The van der Waals surface area contributed by atoms with E-state index in [9.17, 15) is 0 Å². The molecule has 1 unspecified atom stereocenters. The molecule has 78 valence electrons. The maximum absolute atomic E-state index is 4.38. The average molecular weight is 257 g/mol. The first-order chi connectivity index (χ1) is 6.58. The van der Waals surface area contributed by atoms with Crippen molar-refractivity contribution < 1.29 is 0 Å². The summed E-state index contributed by atoms with van der Waals surface area (Å²) in [4.78, 5) is 9.12. The van der Waals surface area contributed by atoms with E-state index in [-0.39, 0.29) is 0 Å². The molecule has 1 aromatic heterocycles. The van der Waals surface area contributed by atoms with Gasteiger partial charge in [0.1, 0.15) is 5.82 Å². The molecule has 0 aliphatic rings. The zero-order valence-corrected chi connectivity index (χ0v) is 10.6. The third-order valence-electron chi connectivity index (χ3n) is 1.98. The topological polar surface area (TPSA) is 25.8 Å². The van der Waals surface area contributed by atoms with Crippen LogP contribution in [0.3, 0.4) is 0 Å². The number of nitrogens with zero attached hydrogens (tertiary/aromatic N) is 2. The SMILES string of the molecule is Cc1ccnc(CC(Br)CC(C)C)n1. The smallest absolute Gasteiger partial charge is 0.129 e. The molecule has 0 aliphatic heterocycles. The molecule has 2 nitrogen and oxygen atoms in total. The van der Waals surface area contributed by atoms with E-state index in [1.54, 1.807) is 0 Å². The fourth-order valence-electron chi connectivity index (χ4n) is 1.39. The zero-order valence-electron chi connectivity index (χ0n) is 9.00. The lowest BCUT2D eigenvalue weighted by Gasteiger charge is -2.11. The Hall–Kier alpha value is -0.440. The molecule has 14 heavy (non-hydrogen) atoms. The second-order valence-electron chi connectivity index (χ2n) is 4.05. The van der Waals surface area contributed by atoms with Gasteiger partial charge in [-0.15, -0.1) is 0 Å². The van der Waals surface area contributed by atoms with Crippen molar-refractivity contribution in [2.75, 3.05) is 0 Å². The van der Waals surface area contributed by atoms with Gasteiger partial charge in [-0.1, -0.05) is 29.8 Å². The normalized spacial score (nSPS) is 13.2. The number of aryl methyl sites for hydroxylation is 1. The summed E-state index contributed by atoms with van der Waals surface area (Å²) in [5.74, 6) is 1.65. The van der Waals surface area contributed by atoms with Gasteiger partial charge in [0.25, 0.3) is 0 Å². The lowest BCUT2D eigenvalue weighted by Crippen LogP contribution is -2.09. The van der Waals surface area contributed by atoms with Crippen molar-refractivity contribution in [3.63, 3.8) is 0 Å². The van der Waals surface area contributed by atoms with Crippen LogP contribution >= 0.6 is 15.9 Å². The summed E-state index contributed by atoms with van der Waals surface area (Å²) in [6, 6.07) is 1.93. The van der Waals surface area contributed by atoms with E-state index in [0.29, 0.717) is 10.7 Å². The van der Waals surface area contributed by atoms with E-state index < -0.39 is 0 Å². The van der Waals surface area contributed by atoms with E-state index in [1.165, 1.54) is 0 Å². The standard InChI is InChI=1S/C11H17BrN2/c1-8(2)6-10(12)7-11-13-5-4-9(3)14-11/h4-5,8,10H,6-7H2,1-3H3. The minimum atomic E-state index is 0.490. The van der Waals surface area contributed by atoms with Crippen molar-refractivity contribution in [1.29, 1.82) is 0 Å². The Kier molecular flexibility index (Phi) is 4.52. The Morgan fingerprint density at radius 1 is 1.43 bits per heavy atom. The van der Waals surface area contributed by atoms with Crippen LogP contribution in [-0.2, 0) is 6.42 Å². The fraction of sp³-hybridized carbons (Fsp3) is 0.636. The van der Waals surface area contributed by atoms with Crippen LogP contribution in [0.25, 0.3) is 0 Å². The molecule has 0 saturated heterocycles. The van der Waals surface area contributed by atoms with E-state index >= 15 is 0 Å². The number of hydrogen-bond acceptors (Lipinski definition) is 2. The molecule has 0 aliphatic carbocycles. The summed E-state index contributed by atoms with van der Waals surface area (Å²) in [6.45, 7) is 6.45. The number of alkyl halides is 1. The van der Waals surface area contributed by atoms with Gasteiger partial charge in [0.2, 0.25) is 0 Å². The quantitative estimate of drug-likeness (QED) is 0.774. The molecule has 3 heteroatoms. The Morgan fingerprint density at radius 3 is 2.71 bits per heavy atom. The maximum Gasteiger partial charge on any atom is 0.129 e. The van der Waals surface area contributed by atoms with E-state index in [4.69, 9.17) is 0 Å². The third-order valence-corrected chi connectivity index (χ3v) is 2.67. The number of halogens is 1. The van der Waals surface area contributed by atoms with Gasteiger partial charge in [-0.3, -0.25) is 0 Å². The van der Waals surface area contributed by atoms with Gasteiger partial charge in [-0.2, -0.15) is 0 Å². The van der Waals surface area contributed by atoms with Gasteiger partial charge in [-0.05, 0) is 25.3 Å². The van der Waals surface area contributed by atoms with Crippen LogP contribution in [0.5, 0.6) is 0 Å². The Labute approximate surface area is 94.3 Å². The second-order valence-corrected chi connectivity index (χ2v) is 5.34. The Bertz CT molecular complexity index is 286. The zero-order chi connectivity index (χ0) is 10.6. The summed E-state index contributed by atoms with van der Waals surface area (Å²) >= 11 is 3.66. The summed E-state index contributed by atoms with van der Waals surface area (Å²) in [5, 5.41) is 0. The molecule has 0 radical (unpaired) electrons. The molecule has 1 rings (SSSR count). The highest BCUT2D eigenvalue weighted by atomic mass is 79.9. The minimum absolute atomic E-state index is 0.490. The maximum atomic E-state index is 4.38. The highest BCUT2D eigenvalue weighted by Gasteiger charge is 2.09. The van der Waals surface area contributed by atoms with Crippen LogP contribution in [0.4, 0.5) is 0 Å². The highest BCUT2D eigenvalue weighted by molar-refractivity contribution is 9.09. The predicted octanol–water partition coefficient (Wildman–Crippen LogP) is 3.14. The lowest BCUT2D eigenvalue weighted by molar-refractivity contribution is 0.564. The second kappa shape index (κ2) is 5.44. The van der Waals surface area contributed by atoms with Gasteiger partial charge in [0, 0.05) is 23.1 Å². The largest absolute Gasteiger partial charge is 0.241 e. The van der Waals surface area contributed by atoms with Crippen molar-refractivity contribution in [2.24, 2.45) is 5.92 Å². The summed E-state index contributed by atoms with van der Waals surface area (Å²) in [5.41, 5.74) is 1.04. The number of hydrogen-bond donors (Lipinski definition) is 0. The van der Waals surface area contributed by atoms with Crippen molar-refractivity contribution >= 4 is 15.9 Å². The first-order valence-electron chi connectivity index (χ1n) is 5.00. The van der Waals surface area contributed by atoms with Gasteiger partial charge in [0.15, 0.2) is 0 Å². The summed E-state index contributed by atoms with van der Waals surface area (Å²) in [7, 11) is 0. The third kappa shape index (κ3) is 4.18.